The Morgan fingerprint density at radius 2 is 2.21 bits per heavy atom. The number of carbonyl (C=O) groups is 1. The van der Waals surface area contributed by atoms with Crippen LogP contribution < -0.4 is 10.6 Å². The Bertz CT molecular complexity index is 576. The minimum Gasteiger partial charge on any atom is -0.372 e. The molecule has 0 aliphatic rings. The van der Waals surface area contributed by atoms with Crippen molar-refractivity contribution in [2.24, 2.45) is 0 Å². The number of pyridine rings is 1. The van der Waals surface area contributed by atoms with Crippen LogP contribution in [0.2, 0.25) is 0 Å². The monoisotopic (exact) mass is 259 g/mol. The molecule has 0 bridgehead atoms. The lowest BCUT2D eigenvalue weighted by Gasteiger charge is -2.07. The number of nitrogens with zero attached hydrogens (tertiary/aromatic N) is 3. The van der Waals surface area contributed by atoms with Gasteiger partial charge in [-0.3, -0.25) is 9.48 Å². The molecule has 2 rings (SSSR count). The summed E-state index contributed by atoms with van der Waals surface area (Å²) in [4.78, 5) is 16.2. The standard InChI is InChI=1S/C13H17N5O/c1-9(2)18-8-10(7-16-18)17-13(19)11-5-4-6-15-12(11)14-3/h4-9H,1-3H3,(H,14,15)(H,17,19). The van der Waals surface area contributed by atoms with E-state index in [9.17, 15) is 4.79 Å². The first-order valence-electron chi connectivity index (χ1n) is 6.10. The first-order valence-corrected chi connectivity index (χ1v) is 6.10. The van der Waals surface area contributed by atoms with Gasteiger partial charge in [0.05, 0.1) is 17.4 Å². The molecule has 2 N–H and O–H groups in total. The Labute approximate surface area is 111 Å². The Hall–Kier alpha value is -2.37. The second-order valence-corrected chi connectivity index (χ2v) is 4.41. The molecular weight excluding hydrogens is 242 g/mol. The molecule has 0 aliphatic carbocycles. The van der Waals surface area contributed by atoms with Crippen LogP contribution in [0.3, 0.4) is 0 Å². The molecule has 0 aromatic carbocycles. The van der Waals surface area contributed by atoms with E-state index >= 15 is 0 Å². The normalized spacial score (nSPS) is 10.5. The number of hydrogen-bond acceptors (Lipinski definition) is 4. The van der Waals surface area contributed by atoms with E-state index < -0.39 is 0 Å². The van der Waals surface area contributed by atoms with Crippen LogP contribution in [0, 0.1) is 0 Å². The van der Waals surface area contributed by atoms with Crippen molar-refractivity contribution >= 4 is 17.4 Å². The summed E-state index contributed by atoms with van der Waals surface area (Å²) in [5, 5.41) is 9.87. The van der Waals surface area contributed by atoms with Gasteiger partial charge in [0, 0.05) is 25.5 Å². The van der Waals surface area contributed by atoms with Gasteiger partial charge >= 0.3 is 0 Å². The van der Waals surface area contributed by atoms with Gasteiger partial charge in [0.25, 0.3) is 5.91 Å². The summed E-state index contributed by atoms with van der Waals surface area (Å²) in [6.45, 7) is 4.05. The first kappa shape index (κ1) is 13.1. The van der Waals surface area contributed by atoms with E-state index in [1.165, 1.54) is 0 Å². The number of nitrogens with one attached hydrogen (secondary N) is 2. The molecule has 0 unspecified atom stereocenters. The Kier molecular flexibility index (Phi) is 3.79. The van der Waals surface area contributed by atoms with Gasteiger partial charge in [-0.2, -0.15) is 5.10 Å². The maximum Gasteiger partial charge on any atom is 0.259 e. The van der Waals surface area contributed by atoms with E-state index in [0.29, 0.717) is 17.1 Å². The van der Waals surface area contributed by atoms with Gasteiger partial charge in [-0.05, 0) is 26.0 Å². The van der Waals surface area contributed by atoms with E-state index in [-0.39, 0.29) is 11.9 Å². The van der Waals surface area contributed by atoms with E-state index in [0.717, 1.165) is 0 Å². The lowest BCUT2D eigenvalue weighted by Crippen LogP contribution is -2.14. The summed E-state index contributed by atoms with van der Waals surface area (Å²) in [7, 11) is 1.73. The third-order valence-corrected chi connectivity index (χ3v) is 2.68. The number of anilines is 2. The lowest BCUT2D eigenvalue weighted by atomic mass is 10.2. The molecule has 6 heteroatoms. The second kappa shape index (κ2) is 5.51. The van der Waals surface area contributed by atoms with Crippen molar-refractivity contribution in [3.05, 3.63) is 36.3 Å². The Morgan fingerprint density at radius 1 is 1.42 bits per heavy atom. The topological polar surface area (TPSA) is 71.8 Å². The fourth-order valence-corrected chi connectivity index (χ4v) is 1.67. The molecule has 0 spiro atoms. The predicted molar refractivity (Wildman–Crippen MR) is 74.3 cm³/mol. The van der Waals surface area contributed by atoms with Crippen molar-refractivity contribution in [3.8, 4) is 0 Å². The summed E-state index contributed by atoms with van der Waals surface area (Å²) in [5.41, 5.74) is 1.17. The van der Waals surface area contributed by atoms with Crippen molar-refractivity contribution in [2.75, 3.05) is 17.7 Å². The summed E-state index contributed by atoms with van der Waals surface area (Å²) >= 11 is 0. The highest BCUT2D eigenvalue weighted by atomic mass is 16.1. The van der Waals surface area contributed by atoms with Crippen molar-refractivity contribution in [1.82, 2.24) is 14.8 Å². The van der Waals surface area contributed by atoms with Gasteiger partial charge in [0.1, 0.15) is 5.82 Å². The van der Waals surface area contributed by atoms with E-state index in [1.807, 2.05) is 13.8 Å². The van der Waals surface area contributed by atoms with Crippen LogP contribution in [0.1, 0.15) is 30.2 Å². The molecule has 0 saturated carbocycles. The van der Waals surface area contributed by atoms with Crippen LogP contribution in [0.25, 0.3) is 0 Å². The summed E-state index contributed by atoms with van der Waals surface area (Å²) in [5.74, 6) is 0.344. The average Bonchev–Trinajstić information content (AvgIpc) is 2.87. The molecule has 0 atom stereocenters. The number of amides is 1. The molecule has 6 nitrogen and oxygen atoms in total. The van der Waals surface area contributed by atoms with Crippen LogP contribution in [0.15, 0.2) is 30.7 Å². The smallest absolute Gasteiger partial charge is 0.259 e. The van der Waals surface area contributed by atoms with Crippen LogP contribution in [-0.4, -0.2) is 27.7 Å². The number of rotatable bonds is 4. The van der Waals surface area contributed by atoms with Crippen molar-refractivity contribution in [3.63, 3.8) is 0 Å². The maximum absolute atomic E-state index is 12.1. The highest BCUT2D eigenvalue weighted by Gasteiger charge is 2.12. The van der Waals surface area contributed by atoms with Crippen LogP contribution in [0.5, 0.6) is 0 Å². The predicted octanol–water partition coefficient (Wildman–Crippen LogP) is 2.15. The van der Waals surface area contributed by atoms with Gasteiger partial charge in [0.2, 0.25) is 0 Å². The number of aromatic nitrogens is 3. The molecule has 2 aromatic heterocycles. The molecule has 0 radical (unpaired) electrons. The van der Waals surface area contributed by atoms with E-state index in [2.05, 4.69) is 20.7 Å². The van der Waals surface area contributed by atoms with Crippen molar-refractivity contribution in [1.29, 1.82) is 0 Å². The van der Waals surface area contributed by atoms with Gasteiger partial charge in [-0.25, -0.2) is 4.98 Å². The lowest BCUT2D eigenvalue weighted by molar-refractivity contribution is 0.102. The third kappa shape index (κ3) is 2.90. The third-order valence-electron chi connectivity index (χ3n) is 2.68. The molecule has 2 aromatic rings. The Morgan fingerprint density at radius 3 is 2.84 bits per heavy atom. The number of carbonyl (C=O) groups excluding carboxylic acids is 1. The zero-order chi connectivity index (χ0) is 13.8. The zero-order valence-corrected chi connectivity index (χ0v) is 11.2. The molecule has 2 heterocycles. The molecule has 100 valence electrons. The maximum atomic E-state index is 12.1. The fourth-order valence-electron chi connectivity index (χ4n) is 1.67. The van der Waals surface area contributed by atoms with Crippen LogP contribution in [0.4, 0.5) is 11.5 Å². The minimum atomic E-state index is -0.208. The largest absolute Gasteiger partial charge is 0.372 e. The first-order chi connectivity index (χ1) is 9.11. The average molecular weight is 259 g/mol. The quantitative estimate of drug-likeness (QED) is 0.882. The van der Waals surface area contributed by atoms with E-state index in [4.69, 9.17) is 0 Å². The zero-order valence-electron chi connectivity index (χ0n) is 11.2. The van der Waals surface area contributed by atoms with Crippen molar-refractivity contribution < 1.29 is 4.79 Å². The summed E-state index contributed by atoms with van der Waals surface area (Å²) in [6.07, 6.45) is 5.07. The van der Waals surface area contributed by atoms with Crippen molar-refractivity contribution in [2.45, 2.75) is 19.9 Å². The van der Waals surface area contributed by atoms with Gasteiger partial charge < -0.3 is 10.6 Å². The molecule has 1 amide bonds. The highest BCUT2D eigenvalue weighted by molar-refractivity contribution is 6.07. The number of hydrogen-bond donors (Lipinski definition) is 2. The highest BCUT2D eigenvalue weighted by Crippen LogP contribution is 2.15. The van der Waals surface area contributed by atoms with Crippen LogP contribution >= 0.6 is 0 Å². The molecule has 0 fully saturated rings. The van der Waals surface area contributed by atoms with E-state index in [1.54, 1.807) is 42.5 Å². The van der Waals surface area contributed by atoms with Gasteiger partial charge in [-0.15, -0.1) is 0 Å². The van der Waals surface area contributed by atoms with Crippen LogP contribution in [-0.2, 0) is 0 Å². The van der Waals surface area contributed by atoms with Gasteiger partial charge in [-0.1, -0.05) is 0 Å². The second-order valence-electron chi connectivity index (χ2n) is 4.41. The Balaban J connectivity index is 2.16. The molecule has 0 aliphatic heterocycles. The molecular formula is C13H17N5O. The summed E-state index contributed by atoms with van der Waals surface area (Å²) < 4.78 is 1.79. The SMILES string of the molecule is CNc1ncccc1C(=O)Nc1cnn(C(C)C)c1. The fraction of sp³-hybridized carbons (Fsp3) is 0.308. The summed E-state index contributed by atoms with van der Waals surface area (Å²) in [6, 6.07) is 3.71. The van der Waals surface area contributed by atoms with Gasteiger partial charge in [0.15, 0.2) is 0 Å². The molecule has 19 heavy (non-hydrogen) atoms. The minimum absolute atomic E-state index is 0.208. The molecule has 0 saturated heterocycles.